The molecule has 0 fully saturated rings. The van der Waals surface area contributed by atoms with Crippen molar-refractivity contribution in [1.82, 2.24) is 9.36 Å². The van der Waals surface area contributed by atoms with Gasteiger partial charge in [0.05, 0.1) is 11.4 Å². The van der Waals surface area contributed by atoms with Gasteiger partial charge in [0, 0.05) is 25.0 Å². The van der Waals surface area contributed by atoms with Crippen LogP contribution in [0.2, 0.25) is 0 Å². The van der Waals surface area contributed by atoms with E-state index in [0.29, 0.717) is 5.69 Å². The van der Waals surface area contributed by atoms with E-state index >= 15 is 0 Å². The molecule has 0 amide bonds. The second-order valence-electron chi connectivity index (χ2n) is 5.63. The van der Waals surface area contributed by atoms with Gasteiger partial charge in [0.2, 0.25) is 0 Å². The van der Waals surface area contributed by atoms with Crippen molar-refractivity contribution in [3.8, 4) is 5.69 Å². The zero-order chi connectivity index (χ0) is 18.4. The third-order valence-corrected chi connectivity index (χ3v) is 3.89. The molecule has 6 nitrogen and oxygen atoms in total. The summed E-state index contributed by atoms with van der Waals surface area (Å²) in [4.78, 5) is 11.8. The van der Waals surface area contributed by atoms with Crippen molar-refractivity contribution in [2.45, 2.75) is 13.8 Å². The van der Waals surface area contributed by atoms with Crippen molar-refractivity contribution in [1.29, 1.82) is 0 Å². The average molecular weight is 339 g/mol. The Labute approximate surface area is 147 Å². The number of aromatic nitrogens is 2. The minimum absolute atomic E-state index is 0.166. The van der Waals surface area contributed by atoms with E-state index in [1.807, 2.05) is 68.6 Å². The molecule has 0 aliphatic rings. The van der Waals surface area contributed by atoms with Gasteiger partial charge in [-0.1, -0.05) is 18.2 Å². The summed E-state index contributed by atoms with van der Waals surface area (Å²) in [5.41, 5.74) is 14.9. The van der Waals surface area contributed by atoms with Crippen molar-refractivity contribution < 1.29 is 0 Å². The summed E-state index contributed by atoms with van der Waals surface area (Å²) in [7, 11) is 1.82. The molecular formula is C19H25N5O. The van der Waals surface area contributed by atoms with Crippen LogP contribution >= 0.6 is 0 Å². The molecule has 0 radical (unpaired) electrons. The van der Waals surface area contributed by atoms with Crippen molar-refractivity contribution in [2.75, 3.05) is 23.3 Å². The molecule has 0 aliphatic heterocycles. The Hall–Kier alpha value is -3.15. The van der Waals surface area contributed by atoms with E-state index in [2.05, 4.69) is 12.2 Å². The van der Waals surface area contributed by atoms with Crippen molar-refractivity contribution in [2.24, 2.45) is 7.05 Å². The van der Waals surface area contributed by atoms with Gasteiger partial charge in [-0.15, -0.1) is 0 Å². The van der Waals surface area contributed by atoms with Crippen LogP contribution in [0, 0.1) is 6.92 Å². The SMILES string of the molecule is CCNc1ccc(N)cc1.Cc1c(N)c(=O)n(-c2ccccc2)n1C. The molecule has 132 valence electrons. The number of nitrogens with two attached hydrogens (primary N) is 2. The first-order chi connectivity index (χ1) is 12.0. The van der Waals surface area contributed by atoms with Gasteiger partial charge in [-0.2, -0.15) is 0 Å². The third kappa shape index (κ3) is 4.23. The van der Waals surface area contributed by atoms with E-state index in [9.17, 15) is 4.79 Å². The molecular weight excluding hydrogens is 314 g/mol. The Morgan fingerprint density at radius 2 is 1.60 bits per heavy atom. The lowest BCUT2D eigenvalue weighted by Gasteiger charge is -2.07. The van der Waals surface area contributed by atoms with Crippen LogP contribution in [0.4, 0.5) is 17.1 Å². The molecule has 2 aromatic carbocycles. The molecule has 0 bridgehead atoms. The molecule has 1 heterocycles. The highest BCUT2D eigenvalue weighted by Crippen LogP contribution is 2.10. The minimum atomic E-state index is -0.166. The van der Waals surface area contributed by atoms with E-state index < -0.39 is 0 Å². The molecule has 0 saturated carbocycles. The number of anilines is 3. The number of benzene rings is 2. The topological polar surface area (TPSA) is 91.0 Å². The molecule has 1 aromatic heterocycles. The molecule has 0 aliphatic carbocycles. The number of hydrogen-bond donors (Lipinski definition) is 3. The molecule has 0 unspecified atom stereocenters. The Morgan fingerprint density at radius 3 is 2.08 bits per heavy atom. The number of nitrogen functional groups attached to an aromatic ring is 2. The third-order valence-electron chi connectivity index (χ3n) is 3.89. The van der Waals surface area contributed by atoms with Crippen LogP contribution in [0.15, 0.2) is 59.4 Å². The van der Waals surface area contributed by atoms with E-state index in [4.69, 9.17) is 11.5 Å². The highest BCUT2D eigenvalue weighted by molar-refractivity contribution is 5.51. The molecule has 3 aromatic rings. The molecule has 0 spiro atoms. The summed E-state index contributed by atoms with van der Waals surface area (Å²) in [6.45, 7) is 4.84. The van der Waals surface area contributed by atoms with Gasteiger partial charge in [-0.25, -0.2) is 4.68 Å². The van der Waals surface area contributed by atoms with Crippen LogP contribution in [-0.4, -0.2) is 15.9 Å². The maximum Gasteiger partial charge on any atom is 0.294 e. The molecule has 0 saturated heterocycles. The fraction of sp³-hybridized carbons (Fsp3) is 0.211. The smallest absolute Gasteiger partial charge is 0.294 e. The van der Waals surface area contributed by atoms with Gasteiger partial charge in [0.15, 0.2) is 0 Å². The predicted molar refractivity (Wildman–Crippen MR) is 105 cm³/mol. The zero-order valence-corrected chi connectivity index (χ0v) is 14.9. The van der Waals surface area contributed by atoms with Crippen LogP contribution in [0.25, 0.3) is 5.69 Å². The van der Waals surface area contributed by atoms with Crippen molar-refractivity contribution >= 4 is 17.1 Å². The van der Waals surface area contributed by atoms with E-state index in [0.717, 1.165) is 29.3 Å². The first-order valence-corrected chi connectivity index (χ1v) is 8.14. The molecule has 3 rings (SSSR count). The lowest BCUT2D eigenvalue weighted by Crippen LogP contribution is -2.20. The highest BCUT2D eigenvalue weighted by atomic mass is 16.1. The molecule has 0 atom stereocenters. The standard InChI is InChI=1S/C11H13N3O.C8H12N2/c1-8-10(12)11(15)14(13(8)2)9-6-4-3-5-7-9;1-2-10-8-5-3-7(9)4-6-8/h3-7H,12H2,1-2H3;3-6,10H,2,9H2,1H3. The maximum atomic E-state index is 11.8. The van der Waals surface area contributed by atoms with Gasteiger partial charge in [-0.05, 0) is 50.2 Å². The van der Waals surface area contributed by atoms with Gasteiger partial charge in [0.25, 0.3) is 5.56 Å². The Bertz CT molecular complexity index is 863. The van der Waals surface area contributed by atoms with E-state index in [-0.39, 0.29) is 5.56 Å². The fourth-order valence-electron chi connectivity index (χ4n) is 2.39. The molecule has 6 heteroatoms. The Balaban J connectivity index is 0.000000196. The summed E-state index contributed by atoms with van der Waals surface area (Å²) in [6.07, 6.45) is 0. The van der Waals surface area contributed by atoms with Crippen LogP contribution < -0.4 is 22.3 Å². The van der Waals surface area contributed by atoms with E-state index in [1.54, 1.807) is 9.36 Å². The summed E-state index contributed by atoms with van der Waals surface area (Å²) >= 11 is 0. The lowest BCUT2D eigenvalue weighted by molar-refractivity contribution is 0.630. The molecule has 25 heavy (non-hydrogen) atoms. The summed E-state index contributed by atoms with van der Waals surface area (Å²) < 4.78 is 3.32. The summed E-state index contributed by atoms with van der Waals surface area (Å²) in [6, 6.07) is 17.2. The normalized spacial score (nSPS) is 10.0. The number of nitrogens with zero attached hydrogens (tertiary/aromatic N) is 2. The first kappa shape index (κ1) is 18.2. The second-order valence-corrected chi connectivity index (χ2v) is 5.63. The number of hydrogen-bond acceptors (Lipinski definition) is 4. The monoisotopic (exact) mass is 339 g/mol. The van der Waals surface area contributed by atoms with Gasteiger partial charge in [-0.3, -0.25) is 9.48 Å². The van der Waals surface area contributed by atoms with Crippen LogP contribution in [0.1, 0.15) is 12.6 Å². The summed E-state index contributed by atoms with van der Waals surface area (Å²) in [5, 5.41) is 3.18. The fourth-order valence-corrected chi connectivity index (χ4v) is 2.39. The maximum absolute atomic E-state index is 11.8. The largest absolute Gasteiger partial charge is 0.399 e. The minimum Gasteiger partial charge on any atom is -0.399 e. The van der Waals surface area contributed by atoms with Crippen LogP contribution in [-0.2, 0) is 7.05 Å². The number of nitrogens with one attached hydrogen (secondary N) is 1. The number of para-hydroxylation sites is 1. The highest BCUT2D eigenvalue weighted by Gasteiger charge is 2.12. The first-order valence-electron chi connectivity index (χ1n) is 8.14. The Kier molecular flexibility index (Phi) is 5.89. The van der Waals surface area contributed by atoms with Crippen LogP contribution in [0.5, 0.6) is 0 Å². The van der Waals surface area contributed by atoms with Crippen LogP contribution in [0.3, 0.4) is 0 Å². The van der Waals surface area contributed by atoms with Crippen molar-refractivity contribution in [3.05, 3.63) is 70.6 Å². The second kappa shape index (κ2) is 8.10. The van der Waals surface area contributed by atoms with E-state index in [1.165, 1.54) is 0 Å². The lowest BCUT2D eigenvalue weighted by atomic mass is 10.3. The average Bonchev–Trinajstić information content (AvgIpc) is 2.82. The van der Waals surface area contributed by atoms with Gasteiger partial charge < -0.3 is 16.8 Å². The quantitative estimate of drug-likeness (QED) is 0.640. The predicted octanol–water partition coefficient (Wildman–Crippen LogP) is 2.77. The van der Waals surface area contributed by atoms with Crippen molar-refractivity contribution in [3.63, 3.8) is 0 Å². The Morgan fingerprint density at radius 1 is 1.00 bits per heavy atom. The number of rotatable bonds is 3. The van der Waals surface area contributed by atoms with Gasteiger partial charge in [0.1, 0.15) is 5.69 Å². The molecule has 5 N–H and O–H groups in total. The van der Waals surface area contributed by atoms with Gasteiger partial charge >= 0.3 is 0 Å². The zero-order valence-electron chi connectivity index (χ0n) is 14.9. The summed E-state index contributed by atoms with van der Waals surface area (Å²) in [5.74, 6) is 0.